The average molecular weight is 373 g/mol. The Balaban J connectivity index is 2.31. The summed E-state index contributed by atoms with van der Waals surface area (Å²) in [4.78, 5) is 7.27. The van der Waals surface area contributed by atoms with E-state index in [0.29, 0.717) is 0 Å². The summed E-state index contributed by atoms with van der Waals surface area (Å²) in [5, 5.41) is 0. The SMILES string of the molecule is CC1=CC=CN2C1=NC(C(F)(F)F)(C(F)(F)F)N=C2c1ccc(C)cc1. The Morgan fingerprint density at radius 3 is 1.92 bits per heavy atom. The van der Waals surface area contributed by atoms with Crippen LogP contribution in [0.2, 0.25) is 0 Å². The maximum Gasteiger partial charge on any atom is 0.443 e. The largest absolute Gasteiger partial charge is 0.443 e. The maximum atomic E-state index is 13.5. The van der Waals surface area contributed by atoms with E-state index >= 15 is 0 Å². The van der Waals surface area contributed by atoms with Crippen molar-refractivity contribution in [2.45, 2.75) is 31.9 Å². The molecule has 3 rings (SSSR count). The number of aliphatic imine (C=N–C) groups is 2. The van der Waals surface area contributed by atoms with E-state index in [1.165, 1.54) is 37.4 Å². The minimum atomic E-state index is -5.75. The quantitative estimate of drug-likeness (QED) is 0.653. The minimum absolute atomic E-state index is 0.125. The minimum Gasteiger partial charge on any atom is -0.286 e. The molecule has 0 aromatic heterocycles. The van der Waals surface area contributed by atoms with Crippen molar-refractivity contribution in [3.63, 3.8) is 0 Å². The van der Waals surface area contributed by atoms with Gasteiger partial charge in [-0.3, -0.25) is 4.90 Å². The van der Waals surface area contributed by atoms with Gasteiger partial charge < -0.3 is 0 Å². The molecule has 138 valence electrons. The molecule has 2 heterocycles. The highest BCUT2D eigenvalue weighted by molar-refractivity contribution is 6.17. The first-order chi connectivity index (χ1) is 12.0. The van der Waals surface area contributed by atoms with Crippen molar-refractivity contribution in [1.82, 2.24) is 4.90 Å². The number of hydrogen-bond donors (Lipinski definition) is 0. The highest BCUT2D eigenvalue weighted by Gasteiger charge is 2.74. The zero-order valence-electron chi connectivity index (χ0n) is 13.7. The van der Waals surface area contributed by atoms with Gasteiger partial charge in [-0.25, -0.2) is 9.98 Å². The van der Waals surface area contributed by atoms with E-state index in [0.717, 1.165) is 10.5 Å². The van der Waals surface area contributed by atoms with Crippen LogP contribution < -0.4 is 0 Å². The van der Waals surface area contributed by atoms with Gasteiger partial charge in [0.2, 0.25) is 0 Å². The molecule has 1 aromatic rings. The third kappa shape index (κ3) is 2.71. The molecule has 2 aliphatic heterocycles. The molecule has 0 N–H and O–H groups in total. The van der Waals surface area contributed by atoms with Gasteiger partial charge in [0.25, 0.3) is 0 Å². The molecule has 0 unspecified atom stereocenters. The number of hydrogen-bond acceptors (Lipinski definition) is 3. The number of benzene rings is 1. The van der Waals surface area contributed by atoms with Crippen LogP contribution in [-0.2, 0) is 0 Å². The molecule has 0 atom stereocenters. The Morgan fingerprint density at radius 1 is 0.846 bits per heavy atom. The summed E-state index contributed by atoms with van der Waals surface area (Å²) in [6.45, 7) is 3.15. The van der Waals surface area contributed by atoms with Crippen LogP contribution in [0, 0.1) is 6.92 Å². The highest BCUT2D eigenvalue weighted by atomic mass is 19.4. The lowest BCUT2D eigenvalue weighted by atomic mass is 10.0. The summed E-state index contributed by atoms with van der Waals surface area (Å²) < 4.78 is 81.2. The molecule has 1 aromatic carbocycles. The number of aryl methyl sites for hydroxylation is 1. The van der Waals surface area contributed by atoms with Crippen LogP contribution in [0.25, 0.3) is 0 Å². The molecule has 0 bridgehead atoms. The molecule has 0 aliphatic carbocycles. The molecule has 0 amide bonds. The Morgan fingerprint density at radius 2 is 1.38 bits per heavy atom. The van der Waals surface area contributed by atoms with Gasteiger partial charge in [0.1, 0.15) is 11.7 Å². The number of fused-ring (bicyclic) bond motifs is 1. The molecule has 0 saturated heterocycles. The van der Waals surface area contributed by atoms with Crippen molar-refractivity contribution in [3.8, 4) is 0 Å². The zero-order chi connectivity index (χ0) is 19.3. The van der Waals surface area contributed by atoms with Crippen LogP contribution in [0.15, 0.2) is 58.2 Å². The third-order valence-electron chi connectivity index (χ3n) is 4.03. The van der Waals surface area contributed by atoms with Crippen molar-refractivity contribution in [3.05, 3.63) is 59.3 Å². The maximum absolute atomic E-state index is 13.5. The summed E-state index contributed by atoms with van der Waals surface area (Å²) >= 11 is 0. The van der Waals surface area contributed by atoms with E-state index in [9.17, 15) is 26.3 Å². The number of allylic oxidation sites excluding steroid dienone is 2. The first kappa shape index (κ1) is 18.2. The monoisotopic (exact) mass is 373 g/mol. The van der Waals surface area contributed by atoms with Gasteiger partial charge in [0, 0.05) is 11.8 Å². The summed E-state index contributed by atoms with van der Waals surface area (Å²) in [7, 11) is 0. The van der Waals surface area contributed by atoms with E-state index in [1.54, 1.807) is 19.1 Å². The van der Waals surface area contributed by atoms with Crippen molar-refractivity contribution in [2.75, 3.05) is 0 Å². The van der Waals surface area contributed by atoms with Crippen LogP contribution in [-0.4, -0.2) is 34.6 Å². The lowest BCUT2D eigenvalue weighted by Gasteiger charge is -2.39. The molecule has 3 nitrogen and oxygen atoms in total. The van der Waals surface area contributed by atoms with Crippen molar-refractivity contribution < 1.29 is 26.3 Å². The fourth-order valence-electron chi connectivity index (χ4n) is 2.63. The lowest BCUT2D eigenvalue weighted by Crippen LogP contribution is -2.59. The molecular weight excluding hydrogens is 360 g/mol. The molecule has 26 heavy (non-hydrogen) atoms. The van der Waals surface area contributed by atoms with Crippen molar-refractivity contribution >= 4 is 11.7 Å². The first-order valence-corrected chi connectivity index (χ1v) is 7.51. The van der Waals surface area contributed by atoms with Gasteiger partial charge in [0.15, 0.2) is 0 Å². The smallest absolute Gasteiger partial charge is 0.286 e. The Hall–Kier alpha value is -2.58. The molecule has 0 fully saturated rings. The van der Waals surface area contributed by atoms with E-state index in [2.05, 4.69) is 9.98 Å². The molecule has 0 saturated carbocycles. The second-order valence-corrected chi connectivity index (χ2v) is 5.97. The summed E-state index contributed by atoms with van der Waals surface area (Å²) in [6.07, 6.45) is -7.26. The van der Waals surface area contributed by atoms with Crippen LogP contribution in [0.3, 0.4) is 0 Å². The van der Waals surface area contributed by atoms with E-state index in [1.807, 2.05) is 0 Å². The number of rotatable bonds is 1. The molecular formula is C17H13F6N3. The number of halogens is 6. The van der Waals surface area contributed by atoms with Gasteiger partial charge in [-0.15, -0.1) is 0 Å². The van der Waals surface area contributed by atoms with E-state index in [4.69, 9.17) is 0 Å². The second kappa shape index (κ2) is 5.72. The molecule has 0 spiro atoms. The summed E-state index contributed by atoms with van der Waals surface area (Å²) in [5.41, 5.74) is -3.45. The second-order valence-electron chi connectivity index (χ2n) is 5.97. The van der Waals surface area contributed by atoms with Crippen LogP contribution in [0.5, 0.6) is 0 Å². The standard InChI is InChI=1S/C17H13F6N3/c1-10-5-7-12(8-6-10)14-25-15(16(18,19)20,17(21,22)23)24-13-11(2)4-3-9-26(13)14/h3-9H,1-2H3. The summed E-state index contributed by atoms with van der Waals surface area (Å²) in [5.74, 6) is -0.902. The van der Waals surface area contributed by atoms with Crippen molar-refractivity contribution in [2.24, 2.45) is 9.98 Å². The van der Waals surface area contributed by atoms with Gasteiger partial charge in [-0.2, -0.15) is 26.3 Å². The van der Waals surface area contributed by atoms with Gasteiger partial charge in [-0.05, 0) is 25.5 Å². The predicted octanol–water partition coefficient (Wildman–Crippen LogP) is 4.75. The van der Waals surface area contributed by atoms with Crippen LogP contribution >= 0.6 is 0 Å². The van der Waals surface area contributed by atoms with Crippen LogP contribution in [0.4, 0.5) is 26.3 Å². The van der Waals surface area contributed by atoms with Crippen LogP contribution in [0.1, 0.15) is 18.1 Å². The predicted molar refractivity (Wildman–Crippen MR) is 84.7 cm³/mol. The highest BCUT2D eigenvalue weighted by Crippen LogP contribution is 2.49. The Labute approximate surface area is 145 Å². The van der Waals surface area contributed by atoms with Gasteiger partial charge in [-0.1, -0.05) is 35.9 Å². The fourth-order valence-corrected chi connectivity index (χ4v) is 2.63. The van der Waals surface area contributed by atoms with E-state index < -0.39 is 29.7 Å². The summed E-state index contributed by atoms with van der Waals surface area (Å²) in [6, 6.07) is 6.02. The molecule has 9 heteroatoms. The Kier molecular flexibility index (Phi) is 4.01. The number of amidine groups is 2. The van der Waals surface area contributed by atoms with Crippen molar-refractivity contribution in [1.29, 1.82) is 0 Å². The molecule has 0 radical (unpaired) electrons. The van der Waals surface area contributed by atoms with E-state index in [-0.39, 0.29) is 11.1 Å². The first-order valence-electron chi connectivity index (χ1n) is 7.51. The van der Waals surface area contributed by atoms with Gasteiger partial charge in [0.05, 0.1) is 0 Å². The number of nitrogens with zero attached hydrogens (tertiary/aromatic N) is 3. The normalized spacial score (nSPS) is 19.5. The topological polar surface area (TPSA) is 28.0 Å². The van der Waals surface area contributed by atoms with Gasteiger partial charge >= 0.3 is 18.0 Å². The zero-order valence-corrected chi connectivity index (χ0v) is 13.7. The Bertz CT molecular complexity index is 827. The number of alkyl halides is 6. The lowest BCUT2D eigenvalue weighted by molar-refractivity contribution is -0.292. The third-order valence-corrected chi connectivity index (χ3v) is 4.03. The molecule has 2 aliphatic rings. The fraction of sp³-hybridized carbons (Fsp3) is 0.294. The average Bonchev–Trinajstić information content (AvgIpc) is 2.53.